The Morgan fingerprint density at radius 3 is 1.44 bits per heavy atom. The molecule has 0 fully saturated rings. The molecule has 0 unspecified atom stereocenters. The molecule has 0 radical (unpaired) electrons. The zero-order valence-corrected chi connectivity index (χ0v) is 40.5. The van der Waals surface area contributed by atoms with Crippen LogP contribution < -0.4 is 0 Å². The van der Waals surface area contributed by atoms with Gasteiger partial charge in [0.25, 0.3) is 0 Å². The fourth-order valence-corrected chi connectivity index (χ4v) is 11.9. The molecule has 0 bridgehead atoms. The lowest BCUT2D eigenvalue weighted by atomic mass is 9.67. The van der Waals surface area contributed by atoms with Crippen LogP contribution >= 0.6 is 0 Å². The van der Waals surface area contributed by atoms with Crippen molar-refractivity contribution >= 4 is 43.9 Å². The molecule has 11 aromatic carbocycles. The van der Waals surface area contributed by atoms with Crippen molar-refractivity contribution in [2.24, 2.45) is 0 Å². The van der Waals surface area contributed by atoms with Crippen LogP contribution in [0.1, 0.15) is 22.3 Å². The largest absolute Gasteiger partial charge is 0.456 e. The Hall–Kier alpha value is -9.97. The Kier molecular flexibility index (Phi) is 9.72. The van der Waals surface area contributed by atoms with Gasteiger partial charge < -0.3 is 8.83 Å². The van der Waals surface area contributed by atoms with Crippen molar-refractivity contribution < 1.29 is 8.83 Å². The predicted molar refractivity (Wildman–Crippen MR) is 304 cm³/mol. The van der Waals surface area contributed by atoms with Crippen LogP contribution in [-0.4, -0.2) is 15.0 Å². The zero-order chi connectivity index (χ0) is 49.5. The van der Waals surface area contributed by atoms with Crippen LogP contribution in [0, 0.1) is 0 Å². The van der Waals surface area contributed by atoms with Gasteiger partial charge >= 0.3 is 0 Å². The molecule has 14 aromatic rings. The molecule has 3 heterocycles. The van der Waals surface area contributed by atoms with Gasteiger partial charge in [-0.1, -0.05) is 224 Å². The van der Waals surface area contributed by atoms with Crippen molar-refractivity contribution in [3.63, 3.8) is 0 Å². The van der Waals surface area contributed by atoms with Gasteiger partial charge in [0.15, 0.2) is 17.5 Å². The Morgan fingerprint density at radius 1 is 0.267 bits per heavy atom. The molecule has 0 spiro atoms. The second-order valence-electron chi connectivity index (χ2n) is 19.4. The highest BCUT2D eigenvalue weighted by atomic mass is 16.3. The van der Waals surface area contributed by atoms with Crippen LogP contribution in [0.5, 0.6) is 0 Å². The normalized spacial score (nSPS) is 12.6. The molecule has 1 aliphatic rings. The highest BCUT2D eigenvalue weighted by molar-refractivity contribution is 6.14. The van der Waals surface area contributed by atoms with Crippen LogP contribution in [0.25, 0.3) is 123 Å². The Balaban J connectivity index is 0.864. The van der Waals surface area contributed by atoms with Gasteiger partial charge in [-0.2, -0.15) is 0 Å². The number of fused-ring (bicyclic) bond motifs is 9. The van der Waals surface area contributed by atoms with Crippen LogP contribution in [0.15, 0.2) is 270 Å². The second kappa shape index (κ2) is 17.1. The first-order valence-electron chi connectivity index (χ1n) is 25.4. The number of rotatable bonds is 8. The van der Waals surface area contributed by atoms with E-state index in [0.717, 1.165) is 88.4 Å². The van der Waals surface area contributed by atoms with Crippen LogP contribution in [-0.2, 0) is 5.41 Å². The first-order chi connectivity index (χ1) is 37.2. The van der Waals surface area contributed by atoms with Gasteiger partial charge in [-0.15, -0.1) is 0 Å². The van der Waals surface area contributed by atoms with E-state index in [-0.39, 0.29) is 0 Å². The van der Waals surface area contributed by atoms with E-state index < -0.39 is 5.41 Å². The first-order valence-corrected chi connectivity index (χ1v) is 25.4. The molecule has 0 N–H and O–H groups in total. The molecule has 0 saturated carbocycles. The quantitative estimate of drug-likeness (QED) is 0.152. The summed E-state index contributed by atoms with van der Waals surface area (Å²) in [5.41, 5.74) is 19.7. The van der Waals surface area contributed by atoms with Crippen molar-refractivity contribution in [1.29, 1.82) is 0 Å². The zero-order valence-electron chi connectivity index (χ0n) is 40.5. The van der Waals surface area contributed by atoms with Gasteiger partial charge in [0.05, 0.1) is 5.41 Å². The van der Waals surface area contributed by atoms with E-state index in [2.05, 4.69) is 212 Å². The average Bonchev–Trinajstić information content (AvgIpc) is 4.17. The highest BCUT2D eigenvalue weighted by Gasteiger charge is 2.46. The molecule has 0 atom stereocenters. The summed E-state index contributed by atoms with van der Waals surface area (Å²) in [5, 5.41) is 3.89. The summed E-state index contributed by atoms with van der Waals surface area (Å²) in [6.45, 7) is 0. The molecule has 5 nitrogen and oxygen atoms in total. The Labute approximate surface area is 432 Å². The number of furan rings is 2. The molecule has 5 heteroatoms. The van der Waals surface area contributed by atoms with Gasteiger partial charge in [-0.3, -0.25) is 0 Å². The minimum Gasteiger partial charge on any atom is -0.456 e. The fourth-order valence-electron chi connectivity index (χ4n) is 11.9. The maximum atomic E-state index is 6.64. The number of para-hydroxylation sites is 1. The molecule has 350 valence electrons. The van der Waals surface area contributed by atoms with Gasteiger partial charge in [0.1, 0.15) is 22.3 Å². The van der Waals surface area contributed by atoms with E-state index in [1.165, 1.54) is 38.9 Å². The second-order valence-corrected chi connectivity index (χ2v) is 19.4. The molecule has 0 aliphatic heterocycles. The van der Waals surface area contributed by atoms with E-state index in [1.54, 1.807) is 0 Å². The van der Waals surface area contributed by atoms with Gasteiger partial charge in [-0.05, 0) is 103 Å². The molecule has 1 aliphatic carbocycles. The topological polar surface area (TPSA) is 65.0 Å². The van der Waals surface area contributed by atoms with Crippen LogP contribution in [0.2, 0.25) is 0 Å². The number of hydrogen-bond acceptors (Lipinski definition) is 5. The maximum absolute atomic E-state index is 6.64. The van der Waals surface area contributed by atoms with Crippen molar-refractivity contribution in [3.8, 4) is 78.7 Å². The third-order valence-corrected chi connectivity index (χ3v) is 15.3. The Bertz CT molecular complexity index is 4480. The lowest BCUT2D eigenvalue weighted by Crippen LogP contribution is -2.28. The Morgan fingerprint density at radius 2 is 0.720 bits per heavy atom. The van der Waals surface area contributed by atoms with Crippen molar-refractivity contribution in [1.82, 2.24) is 15.0 Å². The summed E-state index contributed by atoms with van der Waals surface area (Å²) < 4.78 is 13.0. The van der Waals surface area contributed by atoms with Crippen LogP contribution in [0.4, 0.5) is 0 Å². The van der Waals surface area contributed by atoms with Crippen molar-refractivity contribution in [2.75, 3.05) is 0 Å². The van der Waals surface area contributed by atoms with E-state index in [1.807, 2.05) is 48.5 Å². The van der Waals surface area contributed by atoms with Crippen molar-refractivity contribution in [2.45, 2.75) is 5.41 Å². The third-order valence-electron chi connectivity index (χ3n) is 15.3. The van der Waals surface area contributed by atoms with E-state index in [0.29, 0.717) is 17.5 Å². The lowest BCUT2D eigenvalue weighted by Gasteiger charge is -2.34. The first kappa shape index (κ1) is 42.7. The van der Waals surface area contributed by atoms with Gasteiger partial charge in [0.2, 0.25) is 0 Å². The molecular formula is C70H43N3O2. The third kappa shape index (κ3) is 6.75. The summed E-state index contributed by atoms with van der Waals surface area (Å²) in [7, 11) is 0. The maximum Gasteiger partial charge on any atom is 0.164 e. The predicted octanol–water partition coefficient (Wildman–Crippen LogP) is 18.0. The number of benzene rings is 11. The van der Waals surface area contributed by atoms with Crippen LogP contribution in [0.3, 0.4) is 0 Å². The van der Waals surface area contributed by atoms with E-state index in [9.17, 15) is 0 Å². The number of hydrogen-bond donors (Lipinski definition) is 0. The van der Waals surface area contributed by atoms with Gasteiger partial charge in [-0.25, -0.2) is 15.0 Å². The summed E-state index contributed by atoms with van der Waals surface area (Å²) in [6, 6.07) is 92.4. The molecular weight excluding hydrogens is 915 g/mol. The summed E-state index contributed by atoms with van der Waals surface area (Å²) >= 11 is 0. The molecule has 0 amide bonds. The monoisotopic (exact) mass is 957 g/mol. The van der Waals surface area contributed by atoms with E-state index in [4.69, 9.17) is 23.8 Å². The molecule has 0 saturated heterocycles. The smallest absolute Gasteiger partial charge is 0.164 e. The minimum absolute atomic E-state index is 0.466. The lowest BCUT2D eigenvalue weighted by molar-refractivity contribution is 0.668. The SMILES string of the molecule is c1ccc(-c2cccc(-c3nc(-c4cccc5oc6ccccc6c45)nc(-c4cccc5oc6ccc(-c7ccc(-c8cccc9c8-c8ccccc8C9(c8ccccc8)c8ccccc8)cc7)cc6c45)n3)c2)cc1. The fraction of sp³-hybridized carbons (Fsp3) is 0.0143. The van der Waals surface area contributed by atoms with E-state index >= 15 is 0 Å². The standard InChI is InChI=1S/C70H43N3O2/c1-4-18-44(19-5-1)47-20-14-21-49(42-47)67-71-68(55-29-16-34-62-65(55)54-27-11-13-33-60(54)74-62)73-69(72-67)56-30-17-35-63-66(56)57-43-48(40-41-61(57)75-63)45-36-38-46(39-37-45)52-28-15-32-59-64(52)53-26-10-12-31-58(53)70(59,50-22-6-2-7-23-50)51-24-8-3-9-25-51/h1-43H. The molecule has 15 rings (SSSR count). The summed E-state index contributed by atoms with van der Waals surface area (Å²) in [5.74, 6) is 1.68. The highest BCUT2D eigenvalue weighted by Crippen LogP contribution is 2.58. The van der Waals surface area contributed by atoms with Crippen molar-refractivity contribution in [3.05, 3.63) is 283 Å². The minimum atomic E-state index is -0.466. The summed E-state index contributed by atoms with van der Waals surface area (Å²) in [4.78, 5) is 15.9. The average molecular weight is 958 g/mol. The number of nitrogens with zero attached hydrogens (tertiary/aromatic N) is 3. The van der Waals surface area contributed by atoms with Gasteiger partial charge in [0, 0.05) is 38.2 Å². The molecule has 3 aromatic heterocycles. The summed E-state index contributed by atoms with van der Waals surface area (Å²) in [6.07, 6.45) is 0. The number of aromatic nitrogens is 3. The molecule has 75 heavy (non-hydrogen) atoms.